The van der Waals surface area contributed by atoms with Crippen molar-refractivity contribution in [2.75, 3.05) is 9.80 Å². The maximum atomic E-state index is 2.45. The molecule has 0 aliphatic heterocycles. The standard InChI is InChI=1S/C67H48N2/c1-67(2)63-43-53(68(65-29-13-21-47-17-5-9-25-59(47)65)51-35-31-49(32-36-51)57-27-11-19-45-15-3-7-23-55(45)57)39-41-61(63)62-42-40-54(44-64(62)67)69(66-30-14-22-48-18-6-10-26-60(48)66)52-37-33-50(34-38-52)58-28-12-20-46-16-4-8-24-56(46)58/h3-44H,1-2H3. The summed E-state index contributed by atoms with van der Waals surface area (Å²) in [6.45, 7) is 4.79. The van der Waals surface area contributed by atoms with Crippen molar-refractivity contribution >= 4 is 77.2 Å². The van der Waals surface area contributed by atoms with Gasteiger partial charge in [0.2, 0.25) is 0 Å². The SMILES string of the molecule is CC1(C)c2cc(N(c3ccc(-c4cccc5ccccc45)cc3)c3cccc4ccccc34)ccc2-c2ccc(N(c3ccc(-c4cccc5ccccc45)cc3)c3cccc4ccccc34)cc21. The van der Waals surface area contributed by atoms with Crippen LogP contribution in [0.1, 0.15) is 25.0 Å². The smallest absolute Gasteiger partial charge is 0.0540 e. The lowest BCUT2D eigenvalue weighted by Gasteiger charge is -2.30. The molecule has 0 N–H and O–H groups in total. The first-order valence-corrected chi connectivity index (χ1v) is 24.0. The minimum atomic E-state index is -0.290. The summed E-state index contributed by atoms with van der Waals surface area (Å²) in [6, 6.07) is 93.8. The molecule has 0 saturated carbocycles. The second kappa shape index (κ2) is 16.3. The van der Waals surface area contributed by atoms with Crippen molar-refractivity contribution in [1.82, 2.24) is 0 Å². The van der Waals surface area contributed by atoms with Crippen LogP contribution in [0.25, 0.3) is 76.5 Å². The second-order valence-corrected chi connectivity index (χ2v) is 18.9. The maximum Gasteiger partial charge on any atom is 0.0540 e. The van der Waals surface area contributed by atoms with Gasteiger partial charge in [-0.3, -0.25) is 0 Å². The Kier molecular flexibility index (Phi) is 9.55. The third kappa shape index (κ3) is 6.79. The molecule has 2 nitrogen and oxygen atoms in total. The van der Waals surface area contributed by atoms with Crippen LogP contribution in [0, 0.1) is 0 Å². The van der Waals surface area contributed by atoms with E-state index in [0.717, 1.165) is 34.1 Å². The Morgan fingerprint density at radius 1 is 0.261 bits per heavy atom. The van der Waals surface area contributed by atoms with Gasteiger partial charge in [-0.15, -0.1) is 0 Å². The Labute approximate surface area is 403 Å². The first kappa shape index (κ1) is 40.5. The molecule has 0 bridgehead atoms. The normalized spacial score (nSPS) is 12.6. The highest BCUT2D eigenvalue weighted by atomic mass is 15.1. The Morgan fingerprint density at radius 2 is 0.580 bits per heavy atom. The zero-order chi connectivity index (χ0) is 46.1. The number of fused-ring (bicyclic) bond motifs is 7. The fourth-order valence-corrected chi connectivity index (χ4v) is 11.2. The Morgan fingerprint density at radius 3 is 0.986 bits per heavy atom. The Bertz CT molecular complexity index is 3660. The van der Waals surface area contributed by atoms with Crippen LogP contribution in [-0.4, -0.2) is 0 Å². The van der Waals surface area contributed by atoms with Crippen LogP contribution in [0.4, 0.5) is 34.1 Å². The van der Waals surface area contributed by atoms with E-state index in [-0.39, 0.29) is 5.41 Å². The molecule has 326 valence electrons. The minimum Gasteiger partial charge on any atom is -0.310 e. The highest BCUT2D eigenvalue weighted by molar-refractivity contribution is 6.03. The van der Waals surface area contributed by atoms with E-state index < -0.39 is 0 Å². The molecular formula is C67H48N2. The lowest BCUT2D eigenvalue weighted by Crippen LogP contribution is -2.18. The molecule has 0 unspecified atom stereocenters. The molecule has 13 rings (SSSR count). The third-order valence-corrected chi connectivity index (χ3v) is 14.6. The van der Waals surface area contributed by atoms with E-state index in [4.69, 9.17) is 0 Å². The van der Waals surface area contributed by atoms with Gasteiger partial charge in [-0.1, -0.05) is 208 Å². The lowest BCUT2D eigenvalue weighted by molar-refractivity contribution is 0.660. The summed E-state index contributed by atoms with van der Waals surface area (Å²) in [4.78, 5) is 4.90. The minimum absolute atomic E-state index is 0.290. The van der Waals surface area contributed by atoms with E-state index in [0.29, 0.717) is 0 Å². The monoisotopic (exact) mass is 880 g/mol. The third-order valence-electron chi connectivity index (χ3n) is 14.6. The lowest BCUT2D eigenvalue weighted by atomic mass is 9.82. The first-order valence-electron chi connectivity index (χ1n) is 24.0. The molecule has 1 aliphatic rings. The predicted octanol–water partition coefficient (Wildman–Crippen LogP) is 18.9. The molecule has 0 atom stereocenters. The van der Waals surface area contributed by atoms with Crippen molar-refractivity contribution in [3.8, 4) is 33.4 Å². The van der Waals surface area contributed by atoms with Crippen molar-refractivity contribution in [3.63, 3.8) is 0 Å². The van der Waals surface area contributed by atoms with Crippen LogP contribution in [-0.2, 0) is 5.41 Å². The molecule has 12 aromatic rings. The molecule has 0 fully saturated rings. The number of hydrogen-bond donors (Lipinski definition) is 0. The molecule has 69 heavy (non-hydrogen) atoms. The first-order chi connectivity index (χ1) is 34.0. The van der Waals surface area contributed by atoms with E-state index in [9.17, 15) is 0 Å². The maximum absolute atomic E-state index is 2.45. The van der Waals surface area contributed by atoms with Crippen molar-refractivity contribution in [2.45, 2.75) is 19.3 Å². The molecule has 2 heteroatoms. The Hall–Kier alpha value is -8.72. The molecule has 0 aromatic heterocycles. The summed E-state index contributed by atoms with van der Waals surface area (Å²) in [6.07, 6.45) is 0. The molecule has 12 aromatic carbocycles. The van der Waals surface area contributed by atoms with Crippen molar-refractivity contribution in [2.24, 2.45) is 0 Å². The van der Waals surface area contributed by atoms with E-state index in [2.05, 4.69) is 278 Å². The van der Waals surface area contributed by atoms with Gasteiger partial charge in [0.15, 0.2) is 0 Å². The van der Waals surface area contributed by atoms with Crippen LogP contribution in [0.15, 0.2) is 255 Å². The zero-order valence-corrected chi connectivity index (χ0v) is 38.6. The quantitative estimate of drug-likeness (QED) is 0.150. The summed E-state index contributed by atoms with van der Waals surface area (Å²) < 4.78 is 0. The van der Waals surface area contributed by atoms with Gasteiger partial charge in [0.1, 0.15) is 0 Å². The van der Waals surface area contributed by atoms with Gasteiger partial charge in [0.05, 0.1) is 11.4 Å². The van der Waals surface area contributed by atoms with E-state index in [1.54, 1.807) is 0 Å². The van der Waals surface area contributed by atoms with Crippen LogP contribution < -0.4 is 9.80 Å². The summed E-state index contributed by atoms with van der Waals surface area (Å²) in [7, 11) is 0. The highest BCUT2D eigenvalue weighted by Crippen LogP contribution is 2.53. The molecule has 0 heterocycles. The number of anilines is 6. The van der Waals surface area contributed by atoms with Gasteiger partial charge < -0.3 is 9.80 Å². The fraction of sp³-hybridized carbons (Fsp3) is 0.0448. The van der Waals surface area contributed by atoms with Crippen LogP contribution >= 0.6 is 0 Å². The summed E-state index contributed by atoms with van der Waals surface area (Å²) in [5, 5.41) is 9.88. The summed E-state index contributed by atoms with van der Waals surface area (Å²) >= 11 is 0. The van der Waals surface area contributed by atoms with Gasteiger partial charge in [0, 0.05) is 38.9 Å². The van der Waals surface area contributed by atoms with Crippen molar-refractivity contribution in [1.29, 1.82) is 0 Å². The second-order valence-electron chi connectivity index (χ2n) is 18.9. The fourth-order valence-electron chi connectivity index (χ4n) is 11.2. The molecular weight excluding hydrogens is 833 g/mol. The van der Waals surface area contributed by atoms with E-state index in [1.807, 2.05) is 0 Å². The van der Waals surface area contributed by atoms with E-state index >= 15 is 0 Å². The number of benzene rings is 12. The molecule has 0 spiro atoms. The average Bonchev–Trinajstić information content (AvgIpc) is 3.63. The number of nitrogens with zero attached hydrogens (tertiary/aromatic N) is 2. The van der Waals surface area contributed by atoms with Gasteiger partial charge in [0.25, 0.3) is 0 Å². The van der Waals surface area contributed by atoms with Gasteiger partial charge >= 0.3 is 0 Å². The topological polar surface area (TPSA) is 6.48 Å². The largest absolute Gasteiger partial charge is 0.310 e. The molecule has 0 amide bonds. The van der Waals surface area contributed by atoms with Gasteiger partial charge in [-0.2, -0.15) is 0 Å². The van der Waals surface area contributed by atoms with Crippen LogP contribution in [0.5, 0.6) is 0 Å². The number of hydrogen-bond acceptors (Lipinski definition) is 2. The molecule has 0 saturated heterocycles. The predicted molar refractivity (Wildman–Crippen MR) is 294 cm³/mol. The zero-order valence-electron chi connectivity index (χ0n) is 38.6. The number of rotatable bonds is 8. The molecule has 1 aliphatic carbocycles. The van der Waals surface area contributed by atoms with Gasteiger partial charge in [-0.25, -0.2) is 0 Å². The molecule has 0 radical (unpaired) electrons. The van der Waals surface area contributed by atoms with Crippen LogP contribution in [0.2, 0.25) is 0 Å². The highest BCUT2D eigenvalue weighted by Gasteiger charge is 2.37. The summed E-state index contributed by atoms with van der Waals surface area (Å²) in [5.41, 5.74) is 16.6. The average molecular weight is 881 g/mol. The van der Waals surface area contributed by atoms with Crippen LogP contribution in [0.3, 0.4) is 0 Å². The van der Waals surface area contributed by atoms with Gasteiger partial charge in [-0.05, 0) is 137 Å². The van der Waals surface area contributed by atoms with Crippen molar-refractivity contribution in [3.05, 3.63) is 266 Å². The van der Waals surface area contributed by atoms with Crippen molar-refractivity contribution < 1.29 is 0 Å². The Balaban J connectivity index is 0.919. The summed E-state index contributed by atoms with van der Waals surface area (Å²) in [5.74, 6) is 0. The van der Waals surface area contributed by atoms with E-state index in [1.165, 1.54) is 87.6 Å².